The summed E-state index contributed by atoms with van der Waals surface area (Å²) in [4.78, 5) is 1.32. The third kappa shape index (κ3) is 2.88. The van der Waals surface area contributed by atoms with Crippen molar-refractivity contribution in [2.24, 2.45) is 0 Å². The van der Waals surface area contributed by atoms with Crippen LogP contribution in [0.25, 0.3) is 0 Å². The van der Waals surface area contributed by atoms with Crippen LogP contribution >= 0.6 is 11.3 Å². The monoisotopic (exact) mass is 266 g/mol. The average Bonchev–Trinajstić information content (AvgIpc) is 3.03. The molecule has 0 saturated carbocycles. The van der Waals surface area contributed by atoms with Gasteiger partial charge in [-0.1, -0.05) is 12.0 Å². The van der Waals surface area contributed by atoms with E-state index < -0.39 is 0 Å². The number of aryl methyl sites for hydroxylation is 1. The molecule has 98 valence electrons. The molecule has 2 heterocycles. The van der Waals surface area contributed by atoms with Gasteiger partial charge in [0.2, 0.25) is 5.89 Å². The summed E-state index contributed by atoms with van der Waals surface area (Å²) in [6, 6.07) is 2.70. The van der Waals surface area contributed by atoms with Gasteiger partial charge in [-0.25, -0.2) is 0 Å². The van der Waals surface area contributed by atoms with E-state index in [0.717, 1.165) is 13.0 Å². The molecule has 0 aliphatic carbocycles. The molecule has 0 bridgehead atoms. The minimum Gasteiger partial charge on any atom is -0.406 e. The van der Waals surface area contributed by atoms with Crippen LogP contribution in [0.1, 0.15) is 36.2 Å². The molecule has 0 amide bonds. The van der Waals surface area contributed by atoms with Gasteiger partial charge in [-0.15, -0.1) is 16.4 Å². The smallest absolute Gasteiger partial charge is 0.315 e. The summed E-state index contributed by atoms with van der Waals surface area (Å²) in [5.74, 6) is 0.599. The second-order valence-electron chi connectivity index (χ2n) is 4.03. The van der Waals surface area contributed by atoms with Crippen molar-refractivity contribution in [3.05, 3.63) is 27.8 Å². The fourth-order valence-corrected chi connectivity index (χ4v) is 2.51. The van der Waals surface area contributed by atoms with Crippen molar-refractivity contribution < 1.29 is 4.42 Å². The molecule has 0 spiro atoms. The molecule has 0 aliphatic heterocycles. The highest BCUT2D eigenvalue weighted by Gasteiger charge is 2.12. The zero-order valence-electron chi connectivity index (χ0n) is 10.9. The largest absolute Gasteiger partial charge is 0.406 e. The zero-order chi connectivity index (χ0) is 13.0. The Kier molecular flexibility index (Phi) is 4.33. The molecule has 0 radical (unpaired) electrons. The molecule has 2 aromatic rings. The average molecular weight is 266 g/mol. The van der Waals surface area contributed by atoms with E-state index in [1.54, 1.807) is 11.3 Å². The second-order valence-corrected chi connectivity index (χ2v) is 5.03. The van der Waals surface area contributed by atoms with Gasteiger partial charge >= 0.3 is 6.01 Å². The van der Waals surface area contributed by atoms with Crippen LogP contribution in [0.15, 0.2) is 15.9 Å². The molecule has 0 aromatic carbocycles. The third-order valence-corrected chi connectivity index (χ3v) is 3.83. The summed E-state index contributed by atoms with van der Waals surface area (Å²) in [5, 5.41) is 16.3. The highest BCUT2D eigenvalue weighted by Crippen LogP contribution is 2.19. The van der Waals surface area contributed by atoms with Gasteiger partial charge in [-0.05, 0) is 37.4 Å². The molecular formula is C12H18N4OS. The van der Waals surface area contributed by atoms with Crippen molar-refractivity contribution in [1.82, 2.24) is 15.5 Å². The molecular weight excluding hydrogens is 248 g/mol. The van der Waals surface area contributed by atoms with Gasteiger partial charge in [0.05, 0.1) is 12.6 Å². The molecule has 2 N–H and O–H groups in total. The van der Waals surface area contributed by atoms with Crippen molar-refractivity contribution >= 4 is 17.4 Å². The third-order valence-electron chi connectivity index (χ3n) is 2.86. The van der Waals surface area contributed by atoms with Crippen molar-refractivity contribution in [1.29, 1.82) is 0 Å². The van der Waals surface area contributed by atoms with Crippen molar-refractivity contribution in [3.63, 3.8) is 0 Å². The number of anilines is 1. The number of thiophene rings is 1. The Morgan fingerprint density at radius 3 is 3.00 bits per heavy atom. The first-order valence-electron chi connectivity index (χ1n) is 6.04. The minimum atomic E-state index is 0.0704. The lowest BCUT2D eigenvalue weighted by molar-refractivity contribution is 0.441. The second kappa shape index (κ2) is 5.97. The number of hydrogen-bond donors (Lipinski definition) is 2. The topological polar surface area (TPSA) is 63.0 Å². The Labute approximate surface area is 111 Å². The minimum absolute atomic E-state index is 0.0704. The number of nitrogens with one attached hydrogen (secondary N) is 2. The predicted octanol–water partition coefficient (Wildman–Crippen LogP) is 2.59. The van der Waals surface area contributed by atoms with Crippen LogP contribution in [0.3, 0.4) is 0 Å². The van der Waals surface area contributed by atoms with Gasteiger partial charge in [-0.3, -0.25) is 0 Å². The molecule has 5 nitrogen and oxygen atoms in total. The highest BCUT2D eigenvalue weighted by atomic mass is 32.1. The molecule has 0 aliphatic rings. The SMILES string of the molecule is CCc1ccsc1CNc1nnc(C(C)NC)o1. The Balaban J connectivity index is 1.96. The first-order valence-corrected chi connectivity index (χ1v) is 6.92. The van der Waals surface area contributed by atoms with E-state index in [1.807, 2.05) is 14.0 Å². The van der Waals surface area contributed by atoms with Crippen molar-refractivity contribution in [2.75, 3.05) is 12.4 Å². The maximum Gasteiger partial charge on any atom is 0.315 e. The van der Waals surface area contributed by atoms with E-state index >= 15 is 0 Å². The summed E-state index contributed by atoms with van der Waals surface area (Å²) in [6.07, 6.45) is 1.05. The Hall–Kier alpha value is -1.40. The fourth-order valence-electron chi connectivity index (χ4n) is 1.60. The predicted molar refractivity (Wildman–Crippen MR) is 72.8 cm³/mol. The number of rotatable bonds is 6. The van der Waals surface area contributed by atoms with Crippen LogP contribution in [-0.4, -0.2) is 17.2 Å². The number of nitrogens with zero attached hydrogens (tertiary/aromatic N) is 2. The quantitative estimate of drug-likeness (QED) is 0.841. The number of aromatic nitrogens is 2. The van der Waals surface area contributed by atoms with Gasteiger partial charge in [0.25, 0.3) is 0 Å². The Bertz CT molecular complexity index is 494. The van der Waals surface area contributed by atoms with Crippen LogP contribution in [-0.2, 0) is 13.0 Å². The first-order chi connectivity index (χ1) is 8.74. The van der Waals surface area contributed by atoms with E-state index in [1.165, 1.54) is 10.4 Å². The van der Waals surface area contributed by atoms with Crippen LogP contribution in [0.2, 0.25) is 0 Å². The molecule has 2 rings (SSSR count). The lowest BCUT2D eigenvalue weighted by atomic mass is 10.2. The molecule has 0 fully saturated rings. The molecule has 2 aromatic heterocycles. The van der Waals surface area contributed by atoms with E-state index in [0.29, 0.717) is 11.9 Å². The van der Waals surface area contributed by atoms with Gasteiger partial charge in [0, 0.05) is 4.88 Å². The lowest BCUT2D eigenvalue weighted by Crippen LogP contribution is -2.12. The number of hydrogen-bond acceptors (Lipinski definition) is 6. The summed E-state index contributed by atoms with van der Waals surface area (Å²) in [6.45, 7) is 4.87. The Morgan fingerprint density at radius 2 is 2.28 bits per heavy atom. The molecule has 1 atom stereocenters. The van der Waals surface area contributed by atoms with E-state index in [-0.39, 0.29) is 6.04 Å². The highest BCUT2D eigenvalue weighted by molar-refractivity contribution is 7.10. The van der Waals surface area contributed by atoms with Crippen LogP contribution in [0, 0.1) is 0 Å². The first kappa shape index (κ1) is 13.0. The maximum absolute atomic E-state index is 5.52. The van der Waals surface area contributed by atoms with Gasteiger partial charge in [0.1, 0.15) is 0 Å². The van der Waals surface area contributed by atoms with Gasteiger partial charge in [-0.2, -0.15) is 0 Å². The van der Waals surface area contributed by atoms with Crippen molar-refractivity contribution in [3.8, 4) is 0 Å². The molecule has 18 heavy (non-hydrogen) atoms. The summed E-state index contributed by atoms with van der Waals surface area (Å²) in [5.41, 5.74) is 1.37. The molecule has 0 saturated heterocycles. The molecule has 1 unspecified atom stereocenters. The zero-order valence-corrected chi connectivity index (χ0v) is 11.7. The summed E-state index contributed by atoms with van der Waals surface area (Å²) in [7, 11) is 1.86. The van der Waals surface area contributed by atoms with Gasteiger partial charge < -0.3 is 15.1 Å². The Morgan fingerprint density at radius 1 is 1.44 bits per heavy atom. The van der Waals surface area contributed by atoms with Gasteiger partial charge in [0.15, 0.2) is 0 Å². The van der Waals surface area contributed by atoms with Crippen LogP contribution < -0.4 is 10.6 Å². The summed E-state index contributed by atoms with van der Waals surface area (Å²) < 4.78 is 5.52. The summed E-state index contributed by atoms with van der Waals surface area (Å²) >= 11 is 1.75. The van der Waals surface area contributed by atoms with Crippen LogP contribution in [0.5, 0.6) is 0 Å². The standard InChI is InChI=1S/C12H18N4OS/c1-4-9-5-6-18-10(9)7-14-12-16-15-11(17-12)8(2)13-3/h5-6,8,13H,4,7H2,1-3H3,(H,14,16). The molecule has 6 heteroatoms. The van der Waals surface area contributed by atoms with Crippen molar-refractivity contribution in [2.45, 2.75) is 32.9 Å². The lowest BCUT2D eigenvalue weighted by Gasteiger charge is -2.03. The van der Waals surface area contributed by atoms with E-state index in [4.69, 9.17) is 4.42 Å². The normalized spacial score (nSPS) is 12.6. The maximum atomic E-state index is 5.52. The fraction of sp³-hybridized carbons (Fsp3) is 0.500. The van der Waals surface area contributed by atoms with E-state index in [2.05, 4.69) is 39.2 Å². The van der Waals surface area contributed by atoms with E-state index in [9.17, 15) is 0 Å². The van der Waals surface area contributed by atoms with Crippen LogP contribution in [0.4, 0.5) is 6.01 Å².